The minimum Gasteiger partial charge on any atom is -0.427 e. The average Bonchev–Trinajstić information content (AvgIpc) is 2.36. The molecular weight excluding hydrogens is 254 g/mol. The molecule has 0 spiro atoms. The monoisotopic (exact) mass is 281 g/mol. The summed E-state index contributed by atoms with van der Waals surface area (Å²) < 4.78 is 4.78. The molecular formula is C14H27ArNO2. The SMILES string of the molecule is CC.CC.CC(=O)Oc1ccccc1.CCN.[Ar]. The quantitative estimate of drug-likeness (QED) is 0.631. The van der Waals surface area contributed by atoms with Crippen LogP contribution in [0.4, 0.5) is 0 Å². The molecule has 0 aliphatic heterocycles. The molecule has 0 heterocycles. The van der Waals surface area contributed by atoms with Crippen molar-refractivity contribution < 1.29 is 47.3 Å². The Morgan fingerprint density at radius 3 is 1.72 bits per heavy atom. The molecule has 2 N–H and O–H groups in total. The number of benzene rings is 1. The summed E-state index contributed by atoms with van der Waals surface area (Å²) in [7, 11) is 0. The van der Waals surface area contributed by atoms with Crippen LogP contribution in [-0.2, 0) is 4.79 Å². The smallest absolute Gasteiger partial charge is 0.308 e. The summed E-state index contributed by atoms with van der Waals surface area (Å²) in [6.45, 7) is 12.0. The van der Waals surface area contributed by atoms with Crippen molar-refractivity contribution in [2.45, 2.75) is 41.5 Å². The number of esters is 1. The fourth-order valence-corrected chi connectivity index (χ4v) is 0.655. The van der Waals surface area contributed by atoms with Crippen LogP contribution in [0.2, 0.25) is 0 Å². The Balaban J connectivity index is -0.000000106. The molecule has 0 aromatic heterocycles. The topological polar surface area (TPSA) is 52.3 Å². The van der Waals surface area contributed by atoms with Gasteiger partial charge in [0.2, 0.25) is 0 Å². The third-order valence-electron chi connectivity index (χ3n) is 1.00. The van der Waals surface area contributed by atoms with E-state index in [9.17, 15) is 4.79 Å². The van der Waals surface area contributed by atoms with Crippen LogP contribution in [0.3, 0.4) is 0 Å². The van der Waals surface area contributed by atoms with Crippen molar-refractivity contribution >= 4 is 5.97 Å². The summed E-state index contributed by atoms with van der Waals surface area (Å²) in [5.74, 6) is 0.307. The number of hydrogen-bond donors (Lipinski definition) is 1. The maximum Gasteiger partial charge on any atom is 0.308 e. The van der Waals surface area contributed by atoms with Gasteiger partial charge in [0.1, 0.15) is 5.75 Å². The van der Waals surface area contributed by atoms with Gasteiger partial charge >= 0.3 is 5.97 Å². The maximum atomic E-state index is 10.4. The number of ether oxygens (including phenoxy) is 1. The van der Waals surface area contributed by atoms with Crippen molar-refractivity contribution in [2.24, 2.45) is 5.73 Å². The zero-order chi connectivity index (χ0) is 14.1. The van der Waals surface area contributed by atoms with E-state index < -0.39 is 0 Å². The number of carbonyl (C=O) groups excluding carboxylic acids is 1. The molecule has 3 nitrogen and oxygen atoms in total. The average molecular weight is 281 g/mol. The zero-order valence-electron chi connectivity index (χ0n) is 12.3. The summed E-state index contributed by atoms with van der Waals surface area (Å²) in [5.41, 5.74) is 4.85. The molecule has 108 valence electrons. The molecule has 0 amide bonds. The Morgan fingerprint density at radius 1 is 1.11 bits per heavy atom. The Labute approximate surface area is 142 Å². The van der Waals surface area contributed by atoms with Crippen LogP contribution in [0, 0.1) is 37.7 Å². The van der Waals surface area contributed by atoms with Crippen molar-refractivity contribution in [3.63, 3.8) is 0 Å². The first-order valence-corrected chi connectivity index (χ1v) is 6.14. The fraction of sp³-hybridized carbons (Fsp3) is 0.500. The number of rotatable bonds is 1. The normalized spacial score (nSPS) is 6.61. The van der Waals surface area contributed by atoms with Gasteiger partial charge in [0.05, 0.1) is 0 Å². The second kappa shape index (κ2) is 25.7. The minimum atomic E-state index is -0.286. The van der Waals surface area contributed by atoms with Gasteiger partial charge in [0.25, 0.3) is 0 Å². The van der Waals surface area contributed by atoms with Crippen LogP contribution in [-0.4, -0.2) is 12.5 Å². The van der Waals surface area contributed by atoms with Gasteiger partial charge < -0.3 is 10.5 Å². The maximum absolute atomic E-state index is 10.4. The summed E-state index contributed by atoms with van der Waals surface area (Å²) in [6, 6.07) is 8.98. The Morgan fingerprint density at radius 2 is 1.44 bits per heavy atom. The van der Waals surface area contributed by atoms with Crippen molar-refractivity contribution in [3.05, 3.63) is 30.3 Å². The van der Waals surface area contributed by atoms with Crippen LogP contribution in [0.1, 0.15) is 41.5 Å². The minimum absolute atomic E-state index is 0. The number of para-hydroxylation sites is 1. The van der Waals surface area contributed by atoms with E-state index in [0.29, 0.717) is 5.75 Å². The van der Waals surface area contributed by atoms with Crippen LogP contribution < -0.4 is 10.5 Å². The summed E-state index contributed by atoms with van der Waals surface area (Å²) >= 11 is 0. The van der Waals surface area contributed by atoms with Crippen molar-refractivity contribution in [1.29, 1.82) is 0 Å². The second-order valence-corrected chi connectivity index (χ2v) is 2.31. The molecule has 0 saturated heterocycles. The molecule has 18 heavy (non-hydrogen) atoms. The van der Waals surface area contributed by atoms with Crippen molar-refractivity contribution in [2.75, 3.05) is 6.54 Å². The van der Waals surface area contributed by atoms with Crippen LogP contribution in [0.15, 0.2) is 30.3 Å². The summed E-state index contributed by atoms with van der Waals surface area (Å²) in [5, 5.41) is 0. The predicted octanol–water partition coefficient (Wildman–Crippen LogP) is 3.63. The molecule has 0 aliphatic carbocycles. The molecule has 0 unspecified atom stereocenters. The van der Waals surface area contributed by atoms with Gasteiger partial charge in [0, 0.05) is 44.7 Å². The predicted molar refractivity (Wildman–Crippen MR) is 75.2 cm³/mol. The van der Waals surface area contributed by atoms with E-state index in [1.165, 1.54) is 6.92 Å². The Hall–Kier alpha value is -0.0903. The van der Waals surface area contributed by atoms with Gasteiger partial charge in [-0.05, 0) is 18.7 Å². The van der Waals surface area contributed by atoms with E-state index in [0.717, 1.165) is 6.54 Å². The van der Waals surface area contributed by atoms with E-state index in [4.69, 9.17) is 10.5 Å². The molecule has 4 heteroatoms. The van der Waals surface area contributed by atoms with Crippen LogP contribution in [0.25, 0.3) is 0 Å². The van der Waals surface area contributed by atoms with E-state index in [1.807, 2.05) is 52.8 Å². The van der Waals surface area contributed by atoms with Crippen LogP contribution >= 0.6 is 0 Å². The first-order valence-electron chi connectivity index (χ1n) is 6.14. The van der Waals surface area contributed by atoms with Gasteiger partial charge in [-0.1, -0.05) is 52.8 Å². The third kappa shape index (κ3) is 24.9. The van der Waals surface area contributed by atoms with E-state index >= 15 is 0 Å². The van der Waals surface area contributed by atoms with Crippen LogP contribution in [0.5, 0.6) is 5.75 Å². The van der Waals surface area contributed by atoms with Crippen molar-refractivity contribution in [1.82, 2.24) is 0 Å². The second-order valence-electron chi connectivity index (χ2n) is 2.31. The standard InChI is InChI=1S/C8H8O2.C2H7N.2C2H6.Ar/c1-7(9)10-8-5-3-2-4-6-8;1-2-3;2*1-2;/h2-6H,1H3;2-3H2,1H3;2*1-2H3;. The molecule has 0 bridgehead atoms. The Bertz CT molecular complexity index is 241. The third-order valence-corrected chi connectivity index (χ3v) is 1.00. The summed E-state index contributed by atoms with van der Waals surface area (Å²) in [6.07, 6.45) is 0. The Kier molecular flexibility index (Phi) is 37.8. The van der Waals surface area contributed by atoms with E-state index in [2.05, 4.69) is 0 Å². The molecule has 0 atom stereocenters. The zero-order valence-corrected chi connectivity index (χ0v) is 13.0. The molecule has 1 rings (SSSR count). The number of nitrogens with two attached hydrogens (primary N) is 1. The molecule has 1 aromatic carbocycles. The van der Waals surface area contributed by atoms with Gasteiger partial charge in [0.15, 0.2) is 0 Å². The fourth-order valence-electron chi connectivity index (χ4n) is 0.655. The molecule has 1 aromatic rings. The molecule has 0 radical (unpaired) electrons. The molecule has 0 aliphatic rings. The van der Waals surface area contributed by atoms with Gasteiger partial charge in [-0.3, -0.25) is 4.79 Å². The first kappa shape index (κ1) is 26.5. The van der Waals surface area contributed by atoms with Gasteiger partial charge in [-0.2, -0.15) is 0 Å². The largest absolute Gasteiger partial charge is 0.427 e. The van der Waals surface area contributed by atoms with Gasteiger partial charge in [-0.15, -0.1) is 0 Å². The molecule has 0 saturated carbocycles. The van der Waals surface area contributed by atoms with Gasteiger partial charge in [-0.25, -0.2) is 0 Å². The van der Waals surface area contributed by atoms with Crippen molar-refractivity contribution in [3.8, 4) is 5.75 Å². The number of hydrogen-bond acceptors (Lipinski definition) is 3. The summed E-state index contributed by atoms with van der Waals surface area (Å²) in [4.78, 5) is 10.4. The first-order chi connectivity index (χ1) is 8.20. The van der Waals surface area contributed by atoms with E-state index in [1.54, 1.807) is 12.1 Å². The van der Waals surface area contributed by atoms with E-state index in [-0.39, 0.29) is 43.7 Å². The number of carbonyl (C=O) groups is 1. The molecule has 0 fully saturated rings.